The van der Waals surface area contributed by atoms with Crippen LogP contribution in [0.3, 0.4) is 0 Å². The smallest absolute Gasteiger partial charge is 0.269 e. The average molecular weight is 339 g/mol. The van der Waals surface area contributed by atoms with Gasteiger partial charge in [-0.05, 0) is 35.7 Å². The van der Waals surface area contributed by atoms with E-state index in [0.717, 1.165) is 5.56 Å². The number of rotatable bonds is 4. The van der Waals surface area contributed by atoms with Gasteiger partial charge in [-0.3, -0.25) is 10.1 Å². The molecule has 6 heteroatoms. The van der Waals surface area contributed by atoms with Crippen LogP contribution in [0.15, 0.2) is 46.9 Å². The van der Waals surface area contributed by atoms with Crippen LogP contribution in [0.25, 0.3) is 0 Å². The summed E-state index contributed by atoms with van der Waals surface area (Å²) in [5.74, 6) is -0.353. The molecule has 0 aliphatic carbocycles. The second-order valence-electron chi connectivity index (χ2n) is 4.44. The number of halogens is 2. The predicted octanol–water partition coefficient (Wildman–Crippen LogP) is 3.74. The molecule has 0 aliphatic rings. The average Bonchev–Trinajstić information content (AvgIpc) is 2.38. The molecule has 20 heavy (non-hydrogen) atoms. The molecular weight excluding hydrogens is 327 g/mol. The molecule has 0 radical (unpaired) electrons. The number of nitrogens with two attached hydrogens (primary N) is 1. The molecule has 1 atom stereocenters. The first kappa shape index (κ1) is 14.6. The lowest BCUT2D eigenvalue weighted by Gasteiger charge is -2.12. The molecule has 0 aliphatic heterocycles. The Labute approximate surface area is 123 Å². The molecule has 0 fully saturated rings. The standard InChI is InChI=1S/C14H12BrFN2O2/c15-11-6-10(7-12(16)8-11)14(17)5-9-1-3-13(4-2-9)18(19)20/h1-4,6-8,14H,5,17H2. The van der Waals surface area contributed by atoms with Crippen molar-refractivity contribution in [1.29, 1.82) is 0 Å². The van der Waals surface area contributed by atoms with Gasteiger partial charge in [0.1, 0.15) is 5.82 Å². The molecule has 0 amide bonds. The van der Waals surface area contributed by atoms with Crippen LogP contribution in [-0.2, 0) is 6.42 Å². The fourth-order valence-corrected chi connectivity index (χ4v) is 2.40. The Morgan fingerprint density at radius 2 is 1.90 bits per heavy atom. The zero-order valence-electron chi connectivity index (χ0n) is 10.4. The summed E-state index contributed by atoms with van der Waals surface area (Å²) in [6.07, 6.45) is 0.480. The maximum Gasteiger partial charge on any atom is 0.269 e. The highest BCUT2D eigenvalue weighted by Crippen LogP contribution is 2.22. The highest BCUT2D eigenvalue weighted by atomic mass is 79.9. The molecule has 104 valence electrons. The van der Waals surface area contributed by atoms with Crippen LogP contribution in [0.2, 0.25) is 0 Å². The SMILES string of the molecule is NC(Cc1ccc([N+](=O)[O-])cc1)c1cc(F)cc(Br)c1. The van der Waals surface area contributed by atoms with Crippen LogP contribution >= 0.6 is 15.9 Å². The Hall–Kier alpha value is -1.79. The Kier molecular flexibility index (Phi) is 4.46. The third-order valence-corrected chi connectivity index (χ3v) is 3.37. The summed E-state index contributed by atoms with van der Waals surface area (Å²) in [6, 6.07) is 10.3. The highest BCUT2D eigenvalue weighted by Gasteiger charge is 2.11. The van der Waals surface area contributed by atoms with Crippen molar-refractivity contribution in [1.82, 2.24) is 0 Å². The Morgan fingerprint density at radius 1 is 1.25 bits per heavy atom. The summed E-state index contributed by atoms with van der Waals surface area (Å²) >= 11 is 3.22. The van der Waals surface area contributed by atoms with E-state index in [1.54, 1.807) is 18.2 Å². The van der Waals surface area contributed by atoms with Crippen LogP contribution in [0, 0.1) is 15.9 Å². The van der Waals surface area contributed by atoms with E-state index in [1.165, 1.54) is 24.3 Å². The number of nitro groups is 1. The van der Waals surface area contributed by atoms with E-state index in [-0.39, 0.29) is 17.5 Å². The number of benzene rings is 2. The van der Waals surface area contributed by atoms with Crippen molar-refractivity contribution in [2.45, 2.75) is 12.5 Å². The third-order valence-electron chi connectivity index (χ3n) is 2.92. The topological polar surface area (TPSA) is 69.2 Å². The van der Waals surface area contributed by atoms with Gasteiger partial charge < -0.3 is 5.73 Å². The summed E-state index contributed by atoms with van der Waals surface area (Å²) in [4.78, 5) is 10.1. The number of nitro benzene ring substituents is 1. The first-order valence-corrected chi connectivity index (χ1v) is 6.70. The van der Waals surface area contributed by atoms with Gasteiger partial charge in [-0.25, -0.2) is 4.39 Å². The molecule has 1 unspecified atom stereocenters. The number of hydrogen-bond donors (Lipinski definition) is 1. The molecular formula is C14H12BrFN2O2. The first-order valence-electron chi connectivity index (χ1n) is 5.90. The molecule has 2 rings (SSSR count). The van der Waals surface area contributed by atoms with Gasteiger partial charge in [-0.15, -0.1) is 0 Å². The number of non-ortho nitro benzene ring substituents is 1. The third kappa shape index (κ3) is 3.61. The number of nitrogens with zero attached hydrogens (tertiary/aromatic N) is 1. The molecule has 0 saturated carbocycles. The fourth-order valence-electron chi connectivity index (χ4n) is 1.91. The molecule has 0 heterocycles. The molecule has 0 aromatic heterocycles. The maximum atomic E-state index is 13.3. The van der Waals surface area contributed by atoms with Crippen molar-refractivity contribution < 1.29 is 9.31 Å². The van der Waals surface area contributed by atoms with Crippen molar-refractivity contribution in [3.8, 4) is 0 Å². The van der Waals surface area contributed by atoms with Crippen LogP contribution in [0.1, 0.15) is 17.2 Å². The van der Waals surface area contributed by atoms with Crippen molar-refractivity contribution in [2.75, 3.05) is 0 Å². The van der Waals surface area contributed by atoms with Crippen molar-refractivity contribution in [2.24, 2.45) is 5.73 Å². The lowest BCUT2D eigenvalue weighted by molar-refractivity contribution is -0.384. The summed E-state index contributed by atoms with van der Waals surface area (Å²) in [7, 11) is 0. The van der Waals surface area contributed by atoms with Gasteiger partial charge >= 0.3 is 0 Å². The van der Waals surface area contributed by atoms with E-state index in [1.807, 2.05) is 0 Å². The van der Waals surface area contributed by atoms with Crippen molar-refractivity contribution >= 4 is 21.6 Å². The summed E-state index contributed by atoms with van der Waals surface area (Å²) < 4.78 is 13.9. The molecule has 0 bridgehead atoms. The van der Waals surface area contributed by atoms with Gasteiger partial charge in [0.05, 0.1) is 4.92 Å². The normalized spacial score (nSPS) is 12.2. The van der Waals surface area contributed by atoms with Crippen LogP contribution in [-0.4, -0.2) is 4.92 Å². The molecule has 2 N–H and O–H groups in total. The van der Waals surface area contributed by atoms with Gasteiger partial charge in [0.25, 0.3) is 5.69 Å². The number of hydrogen-bond acceptors (Lipinski definition) is 3. The Balaban J connectivity index is 2.14. The predicted molar refractivity (Wildman–Crippen MR) is 77.8 cm³/mol. The van der Waals surface area contributed by atoms with E-state index in [4.69, 9.17) is 5.73 Å². The second-order valence-corrected chi connectivity index (χ2v) is 5.35. The largest absolute Gasteiger partial charge is 0.324 e. The highest BCUT2D eigenvalue weighted by molar-refractivity contribution is 9.10. The minimum Gasteiger partial charge on any atom is -0.324 e. The zero-order valence-corrected chi connectivity index (χ0v) is 12.0. The van der Waals surface area contributed by atoms with Gasteiger partial charge in [0.15, 0.2) is 0 Å². The lowest BCUT2D eigenvalue weighted by atomic mass is 9.99. The Morgan fingerprint density at radius 3 is 2.45 bits per heavy atom. The summed E-state index contributed by atoms with van der Waals surface area (Å²) in [5, 5.41) is 10.6. The van der Waals surface area contributed by atoms with E-state index in [9.17, 15) is 14.5 Å². The fraction of sp³-hybridized carbons (Fsp3) is 0.143. The Bertz CT molecular complexity index is 611. The molecule has 0 saturated heterocycles. The van der Waals surface area contributed by atoms with Crippen molar-refractivity contribution in [3.63, 3.8) is 0 Å². The lowest BCUT2D eigenvalue weighted by Crippen LogP contribution is -2.13. The second kappa shape index (κ2) is 6.11. The van der Waals surface area contributed by atoms with E-state index in [0.29, 0.717) is 16.5 Å². The van der Waals surface area contributed by atoms with Crippen LogP contribution < -0.4 is 5.73 Å². The van der Waals surface area contributed by atoms with Gasteiger partial charge in [0.2, 0.25) is 0 Å². The van der Waals surface area contributed by atoms with Gasteiger partial charge in [-0.1, -0.05) is 28.1 Å². The molecule has 4 nitrogen and oxygen atoms in total. The quantitative estimate of drug-likeness (QED) is 0.681. The molecule has 0 spiro atoms. The summed E-state index contributed by atoms with van der Waals surface area (Å²) in [5.41, 5.74) is 7.62. The zero-order chi connectivity index (χ0) is 14.7. The summed E-state index contributed by atoms with van der Waals surface area (Å²) in [6.45, 7) is 0. The van der Waals surface area contributed by atoms with Gasteiger partial charge in [-0.2, -0.15) is 0 Å². The molecule has 2 aromatic rings. The van der Waals surface area contributed by atoms with E-state index < -0.39 is 4.92 Å². The monoisotopic (exact) mass is 338 g/mol. The van der Waals surface area contributed by atoms with Gasteiger partial charge in [0, 0.05) is 22.6 Å². The molecule has 2 aromatic carbocycles. The van der Waals surface area contributed by atoms with Crippen LogP contribution in [0.4, 0.5) is 10.1 Å². The minimum atomic E-state index is -0.451. The maximum absolute atomic E-state index is 13.3. The van der Waals surface area contributed by atoms with Crippen LogP contribution in [0.5, 0.6) is 0 Å². The minimum absolute atomic E-state index is 0.0378. The first-order chi connectivity index (χ1) is 9.45. The van der Waals surface area contributed by atoms with Crippen molar-refractivity contribution in [3.05, 3.63) is 74.0 Å². The van der Waals surface area contributed by atoms with E-state index in [2.05, 4.69) is 15.9 Å². The van der Waals surface area contributed by atoms with E-state index >= 15 is 0 Å².